The number of aliphatic hydroxyl groups excluding tert-OH is 2. The van der Waals surface area contributed by atoms with Crippen molar-refractivity contribution in [1.29, 1.82) is 0 Å². The highest BCUT2D eigenvalue weighted by molar-refractivity contribution is 7.86. The van der Waals surface area contributed by atoms with Crippen LogP contribution in [0.15, 0.2) is 30.3 Å². The maximum Gasteiger partial charge on any atom is 0.243 e. The van der Waals surface area contributed by atoms with Crippen molar-refractivity contribution >= 4 is 22.6 Å². The number of aliphatic hydroxyl groups is 2. The molecular formula is C32H46N2O5S. The highest BCUT2D eigenvalue weighted by Gasteiger charge is 2.34. The van der Waals surface area contributed by atoms with E-state index in [1.807, 2.05) is 51.1 Å². The van der Waals surface area contributed by atoms with Gasteiger partial charge in [-0.2, -0.15) is 0 Å². The topological polar surface area (TPSA) is 116 Å². The molecule has 0 radical (unpaired) electrons. The predicted octanol–water partition coefficient (Wildman–Crippen LogP) is 3.10. The van der Waals surface area contributed by atoms with Crippen molar-refractivity contribution in [2.75, 3.05) is 5.75 Å². The largest absolute Gasteiger partial charge is 0.389 e. The molecule has 0 heterocycles. The fourth-order valence-electron chi connectivity index (χ4n) is 5.03. The van der Waals surface area contributed by atoms with E-state index in [-0.39, 0.29) is 18.6 Å². The molecule has 2 amide bonds. The molecule has 6 atom stereocenters. The van der Waals surface area contributed by atoms with Crippen LogP contribution in [-0.2, 0) is 26.8 Å². The third-order valence-corrected chi connectivity index (χ3v) is 9.53. The summed E-state index contributed by atoms with van der Waals surface area (Å²) < 4.78 is 12.5. The zero-order valence-electron chi connectivity index (χ0n) is 24.1. The first kappa shape index (κ1) is 33.6. The highest BCUT2D eigenvalue weighted by Crippen LogP contribution is 2.28. The Bertz CT molecular complexity index is 1050. The molecule has 0 aliphatic heterocycles. The zero-order valence-corrected chi connectivity index (χ0v) is 24.9. The van der Waals surface area contributed by atoms with Gasteiger partial charge in [0, 0.05) is 34.1 Å². The number of nitrogens with one attached hydrogen (secondary N) is 2. The zero-order chi connectivity index (χ0) is 29.7. The van der Waals surface area contributed by atoms with Crippen LogP contribution in [0.4, 0.5) is 0 Å². The Morgan fingerprint density at radius 1 is 1.00 bits per heavy atom. The smallest absolute Gasteiger partial charge is 0.243 e. The lowest BCUT2D eigenvalue weighted by molar-refractivity contribution is -0.132. The summed E-state index contributed by atoms with van der Waals surface area (Å²) in [6.07, 6.45) is 14.5. The van der Waals surface area contributed by atoms with Crippen LogP contribution in [0.2, 0.25) is 0 Å². The van der Waals surface area contributed by atoms with Crippen molar-refractivity contribution in [2.45, 2.75) is 108 Å². The van der Waals surface area contributed by atoms with E-state index in [4.69, 9.17) is 12.8 Å². The van der Waals surface area contributed by atoms with Gasteiger partial charge in [-0.15, -0.1) is 24.7 Å². The van der Waals surface area contributed by atoms with Crippen molar-refractivity contribution in [1.82, 2.24) is 10.6 Å². The summed E-state index contributed by atoms with van der Waals surface area (Å²) in [5.41, 5.74) is 0.921. The monoisotopic (exact) mass is 570 g/mol. The van der Waals surface area contributed by atoms with Crippen LogP contribution < -0.4 is 10.6 Å². The van der Waals surface area contributed by atoms with Crippen LogP contribution in [0, 0.1) is 36.5 Å². The van der Waals surface area contributed by atoms with Gasteiger partial charge in [-0.3, -0.25) is 13.8 Å². The number of carbonyl (C=O) groups is 2. The second kappa shape index (κ2) is 16.6. The standard InChI is InChI=1S/C32H46N2O5S/c1-6-14-26(31(38)34-27(29(36)28(35)15-7-2)21-24-18-12-9-13-19-24)33-30(37)25(22-40(39)32(3,4)5)20-23-16-10-8-11-17-23/h1-2,8,10-11,16-17,24-29,35-36H,9,12-15,18-22H2,3-5H3,(H,33,37)(H,34,38)/t25?,26-,27-,28-,29+,40?/m0/s1. The van der Waals surface area contributed by atoms with Crippen LogP contribution in [0.5, 0.6) is 0 Å². The SMILES string of the molecule is C#CC[C@H](NC(=O)C(Cc1ccccc1)CS(=O)C(C)(C)C)C(=O)N[C@@H](CC1CCCCC1)[C@@H](O)[C@@H](O)CC#C. The normalized spacial score (nSPS) is 18.7. The molecule has 220 valence electrons. The summed E-state index contributed by atoms with van der Waals surface area (Å²) in [5, 5.41) is 26.9. The van der Waals surface area contributed by atoms with Gasteiger partial charge in [0.15, 0.2) is 0 Å². The van der Waals surface area contributed by atoms with Crippen molar-refractivity contribution in [2.24, 2.45) is 11.8 Å². The number of hydrogen-bond donors (Lipinski definition) is 4. The molecule has 8 heteroatoms. The number of hydrogen-bond acceptors (Lipinski definition) is 5. The fourth-order valence-corrected chi connectivity index (χ4v) is 6.17. The van der Waals surface area contributed by atoms with Crippen LogP contribution >= 0.6 is 0 Å². The van der Waals surface area contributed by atoms with Crippen molar-refractivity contribution in [3.05, 3.63) is 35.9 Å². The minimum atomic E-state index is -1.30. The summed E-state index contributed by atoms with van der Waals surface area (Å²) in [6.45, 7) is 5.59. The molecule has 4 N–H and O–H groups in total. The van der Waals surface area contributed by atoms with Gasteiger partial charge in [0.05, 0.1) is 18.1 Å². The molecule has 1 aliphatic carbocycles. The third-order valence-electron chi connectivity index (χ3n) is 7.46. The highest BCUT2D eigenvalue weighted by atomic mass is 32.2. The first-order chi connectivity index (χ1) is 19.0. The van der Waals surface area contributed by atoms with E-state index in [9.17, 15) is 24.0 Å². The van der Waals surface area contributed by atoms with E-state index < -0.39 is 57.6 Å². The first-order valence-corrected chi connectivity index (χ1v) is 15.5. The fraction of sp³-hybridized carbons (Fsp3) is 0.625. The summed E-state index contributed by atoms with van der Waals surface area (Å²) in [5.74, 6) is 3.67. The molecule has 1 aliphatic rings. The Kier molecular flexibility index (Phi) is 13.9. The van der Waals surface area contributed by atoms with Crippen molar-refractivity contribution in [3.8, 4) is 24.7 Å². The van der Waals surface area contributed by atoms with E-state index in [1.165, 1.54) is 0 Å². The number of benzene rings is 1. The van der Waals surface area contributed by atoms with E-state index in [1.54, 1.807) is 0 Å². The minimum absolute atomic E-state index is 0.0468. The van der Waals surface area contributed by atoms with Gasteiger partial charge < -0.3 is 20.8 Å². The number of carbonyl (C=O) groups excluding carboxylic acids is 2. The van der Waals surface area contributed by atoms with Gasteiger partial charge in [0.25, 0.3) is 0 Å². The average Bonchev–Trinajstić information content (AvgIpc) is 2.92. The van der Waals surface area contributed by atoms with Gasteiger partial charge in [-0.05, 0) is 45.1 Å². The molecule has 1 aromatic rings. The third kappa shape index (κ3) is 11.1. The Morgan fingerprint density at radius 3 is 2.20 bits per heavy atom. The lowest BCUT2D eigenvalue weighted by Gasteiger charge is -2.33. The molecule has 1 fully saturated rings. The maximum atomic E-state index is 13.5. The van der Waals surface area contributed by atoms with Gasteiger partial charge >= 0.3 is 0 Å². The second-order valence-corrected chi connectivity index (χ2v) is 14.1. The first-order valence-electron chi connectivity index (χ1n) is 14.2. The van der Waals surface area contributed by atoms with E-state index in [2.05, 4.69) is 22.5 Å². The van der Waals surface area contributed by atoms with E-state index in [0.717, 1.165) is 37.7 Å². The van der Waals surface area contributed by atoms with Crippen LogP contribution in [-0.4, -0.2) is 61.0 Å². The van der Waals surface area contributed by atoms with Crippen molar-refractivity contribution in [3.63, 3.8) is 0 Å². The van der Waals surface area contributed by atoms with Crippen LogP contribution in [0.25, 0.3) is 0 Å². The molecule has 1 saturated carbocycles. The molecule has 0 saturated heterocycles. The summed E-state index contributed by atoms with van der Waals surface area (Å²) in [4.78, 5) is 27.0. The Morgan fingerprint density at radius 2 is 1.62 bits per heavy atom. The average molecular weight is 571 g/mol. The predicted molar refractivity (Wildman–Crippen MR) is 160 cm³/mol. The summed E-state index contributed by atoms with van der Waals surface area (Å²) in [7, 11) is -1.30. The lowest BCUT2D eigenvalue weighted by Crippen LogP contribution is -2.56. The van der Waals surface area contributed by atoms with Crippen molar-refractivity contribution < 1.29 is 24.0 Å². The van der Waals surface area contributed by atoms with E-state index in [0.29, 0.717) is 18.8 Å². The van der Waals surface area contributed by atoms with E-state index >= 15 is 0 Å². The Hall–Kier alpha value is -2.65. The Labute approximate surface area is 242 Å². The van der Waals surface area contributed by atoms with Gasteiger partial charge in [0.2, 0.25) is 11.8 Å². The quantitative estimate of drug-likeness (QED) is 0.257. The van der Waals surface area contributed by atoms with Crippen LogP contribution in [0.1, 0.15) is 77.7 Å². The minimum Gasteiger partial charge on any atom is -0.389 e. The molecule has 0 aromatic heterocycles. The molecule has 0 bridgehead atoms. The summed E-state index contributed by atoms with van der Waals surface area (Å²) >= 11 is 0. The molecule has 1 aromatic carbocycles. The molecular weight excluding hydrogens is 524 g/mol. The Balaban J connectivity index is 2.22. The molecule has 40 heavy (non-hydrogen) atoms. The van der Waals surface area contributed by atoms with Gasteiger partial charge in [-0.25, -0.2) is 0 Å². The number of rotatable bonds is 14. The molecule has 2 unspecified atom stereocenters. The lowest BCUT2D eigenvalue weighted by atomic mass is 9.82. The molecule has 2 rings (SSSR count). The second-order valence-electron chi connectivity index (χ2n) is 11.8. The van der Waals surface area contributed by atoms with Gasteiger partial charge in [-0.1, -0.05) is 62.4 Å². The van der Waals surface area contributed by atoms with Crippen LogP contribution in [0.3, 0.4) is 0 Å². The number of amides is 2. The molecule has 7 nitrogen and oxygen atoms in total. The number of terminal acetylenes is 2. The molecule has 0 spiro atoms. The van der Waals surface area contributed by atoms with Gasteiger partial charge in [0.1, 0.15) is 12.1 Å². The summed E-state index contributed by atoms with van der Waals surface area (Å²) in [6, 6.07) is 7.67. The maximum absolute atomic E-state index is 13.5.